The summed E-state index contributed by atoms with van der Waals surface area (Å²) in [6.07, 6.45) is 1.96. The van der Waals surface area contributed by atoms with Crippen molar-refractivity contribution in [1.29, 1.82) is 0 Å². The molecule has 0 radical (unpaired) electrons. The van der Waals surface area contributed by atoms with Crippen molar-refractivity contribution in [2.75, 3.05) is 37.3 Å². The van der Waals surface area contributed by atoms with E-state index in [0.29, 0.717) is 29.5 Å². The maximum absolute atomic E-state index is 11.6. The molecule has 0 amide bonds. The molecule has 0 saturated carbocycles. The molecular weight excluding hydrogens is 400 g/mol. The van der Waals surface area contributed by atoms with Gasteiger partial charge in [-0.25, -0.2) is 8.42 Å². The van der Waals surface area contributed by atoms with Gasteiger partial charge < -0.3 is 15.2 Å². The highest BCUT2D eigenvalue weighted by molar-refractivity contribution is 7.92. The molecule has 0 aliphatic heterocycles. The monoisotopic (exact) mass is 426 g/mol. The van der Waals surface area contributed by atoms with Crippen LogP contribution in [0.1, 0.15) is 12.5 Å². The minimum atomic E-state index is -3.30. The molecule has 154 valence electrons. The Morgan fingerprint density at radius 1 is 1.21 bits per heavy atom. The van der Waals surface area contributed by atoms with Gasteiger partial charge in [0.2, 0.25) is 10.0 Å². The van der Waals surface area contributed by atoms with Crippen molar-refractivity contribution >= 4 is 27.3 Å². The van der Waals surface area contributed by atoms with Crippen molar-refractivity contribution in [3.63, 3.8) is 0 Å². The lowest BCUT2D eigenvalue weighted by Crippen LogP contribution is -2.43. The summed E-state index contributed by atoms with van der Waals surface area (Å²) in [5.74, 6) is 0.560. The fourth-order valence-corrected chi connectivity index (χ4v) is 3.23. The van der Waals surface area contributed by atoms with Crippen molar-refractivity contribution in [3.8, 4) is 5.75 Å². The van der Waals surface area contributed by atoms with Crippen LogP contribution in [0.3, 0.4) is 0 Å². The van der Waals surface area contributed by atoms with E-state index in [-0.39, 0.29) is 6.61 Å². The van der Waals surface area contributed by atoms with Crippen LogP contribution in [0.2, 0.25) is 5.02 Å². The van der Waals surface area contributed by atoms with Gasteiger partial charge in [-0.15, -0.1) is 0 Å². The van der Waals surface area contributed by atoms with Crippen molar-refractivity contribution in [1.82, 2.24) is 5.32 Å². The number of sulfonamides is 1. The molecule has 0 aliphatic carbocycles. The number of hydrogen-bond donors (Lipinski definition) is 2. The molecule has 28 heavy (non-hydrogen) atoms. The highest BCUT2D eigenvalue weighted by atomic mass is 35.5. The number of hydrogen-bond acceptors (Lipinski definition) is 5. The van der Waals surface area contributed by atoms with Gasteiger partial charge in [0.1, 0.15) is 18.0 Å². The zero-order valence-electron chi connectivity index (χ0n) is 16.4. The molecule has 2 rings (SSSR count). The Balaban J connectivity index is 1.77. The first-order chi connectivity index (χ1) is 13.1. The Hall–Kier alpha value is -1.80. The molecule has 0 aliphatic rings. The molecule has 1 atom stereocenters. The Kier molecular flexibility index (Phi) is 7.71. The second-order valence-corrected chi connectivity index (χ2v) is 9.52. The highest BCUT2D eigenvalue weighted by Crippen LogP contribution is 2.21. The Morgan fingerprint density at radius 2 is 1.89 bits per heavy atom. The Labute approximate surface area is 172 Å². The van der Waals surface area contributed by atoms with Crippen LogP contribution >= 0.6 is 11.6 Å². The van der Waals surface area contributed by atoms with Gasteiger partial charge in [0.15, 0.2) is 0 Å². The number of ether oxygens (including phenoxy) is 1. The van der Waals surface area contributed by atoms with E-state index in [4.69, 9.17) is 16.3 Å². The van der Waals surface area contributed by atoms with Gasteiger partial charge in [-0.3, -0.25) is 4.31 Å². The van der Waals surface area contributed by atoms with Gasteiger partial charge in [0.05, 0.1) is 11.9 Å². The van der Waals surface area contributed by atoms with Crippen LogP contribution in [-0.4, -0.2) is 52.1 Å². The molecular formula is C20H27ClN2O4S. The van der Waals surface area contributed by atoms with Crippen LogP contribution in [0.4, 0.5) is 5.69 Å². The van der Waals surface area contributed by atoms with Gasteiger partial charge in [-0.2, -0.15) is 0 Å². The van der Waals surface area contributed by atoms with Gasteiger partial charge >= 0.3 is 0 Å². The van der Waals surface area contributed by atoms with E-state index >= 15 is 0 Å². The lowest BCUT2D eigenvalue weighted by Gasteiger charge is -2.24. The van der Waals surface area contributed by atoms with Gasteiger partial charge in [-0.1, -0.05) is 23.7 Å². The molecule has 0 fully saturated rings. The van der Waals surface area contributed by atoms with Crippen LogP contribution in [0.5, 0.6) is 5.75 Å². The van der Waals surface area contributed by atoms with Crippen LogP contribution < -0.4 is 14.4 Å². The predicted molar refractivity (Wildman–Crippen MR) is 114 cm³/mol. The number of aliphatic hydroxyl groups is 1. The number of nitrogens with one attached hydrogen (secondary N) is 1. The van der Waals surface area contributed by atoms with Gasteiger partial charge in [0, 0.05) is 18.6 Å². The summed E-state index contributed by atoms with van der Waals surface area (Å²) in [7, 11) is -1.81. The summed E-state index contributed by atoms with van der Waals surface area (Å²) in [5, 5.41) is 14.4. The van der Waals surface area contributed by atoms with Crippen molar-refractivity contribution < 1.29 is 18.3 Å². The topological polar surface area (TPSA) is 78.9 Å². The number of rotatable bonds is 10. The molecule has 0 unspecified atom stereocenters. The third-order valence-electron chi connectivity index (χ3n) is 4.23. The van der Waals surface area contributed by atoms with Crippen LogP contribution in [0.15, 0.2) is 48.5 Å². The molecule has 2 aromatic rings. The summed E-state index contributed by atoms with van der Waals surface area (Å²) in [4.78, 5) is 0. The van der Waals surface area contributed by atoms with Crippen LogP contribution in [-0.2, 0) is 16.4 Å². The molecule has 0 spiro atoms. The van der Waals surface area contributed by atoms with E-state index in [9.17, 15) is 13.5 Å². The largest absolute Gasteiger partial charge is 0.491 e. The molecule has 0 aromatic heterocycles. The van der Waals surface area contributed by atoms with Crippen molar-refractivity contribution in [3.05, 3.63) is 59.1 Å². The first-order valence-electron chi connectivity index (χ1n) is 8.91. The quantitative estimate of drug-likeness (QED) is 0.571. The number of nitrogens with zero attached hydrogens (tertiary/aromatic N) is 1. The van der Waals surface area contributed by atoms with Gasteiger partial charge in [0.25, 0.3) is 0 Å². The van der Waals surface area contributed by atoms with E-state index in [2.05, 4.69) is 5.32 Å². The molecule has 0 bridgehead atoms. The summed E-state index contributed by atoms with van der Waals surface area (Å²) in [5.41, 5.74) is 0.635. The first-order valence-corrected chi connectivity index (χ1v) is 11.1. The summed E-state index contributed by atoms with van der Waals surface area (Å²) in [6, 6.07) is 14.4. The SMILES string of the molecule is CN(c1ccc(OC[C@@](C)(O)CNCCc2cccc(Cl)c2)cc1)S(C)(=O)=O. The average molecular weight is 427 g/mol. The van der Waals surface area contributed by atoms with Crippen molar-refractivity contribution in [2.45, 2.75) is 18.9 Å². The fourth-order valence-electron chi connectivity index (χ4n) is 2.52. The van der Waals surface area contributed by atoms with Crippen LogP contribution in [0.25, 0.3) is 0 Å². The molecule has 2 aromatic carbocycles. The zero-order valence-corrected chi connectivity index (χ0v) is 17.9. The molecule has 0 saturated heterocycles. The molecule has 6 nitrogen and oxygen atoms in total. The van der Waals surface area contributed by atoms with E-state index in [1.807, 2.05) is 24.3 Å². The minimum absolute atomic E-state index is 0.110. The zero-order chi connectivity index (χ0) is 20.8. The summed E-state index contributed by atoms with van der Waals surface area (Å²) >= 11 is 5.97. The maximum atomic E-state index is 11.6. The number of benzene rings is 2. The lowest BCUT2D eigenvalue weighted by atomic mass is 10.1. The summed E-state index contributed by atoms with van der Waals surface area (Å²) < 4.78 is 29.9. The normalized spacial score (nSPS) is 13.8. The summed E-state index contributed by atoms with van der Waals surface area (Å²) in [6.45, 7) is 2.90. The third-order valence-corrected chi connectivity index (χ3v) is 5.67. The smallest absolute Gasteiger partial charge is 0.231 e. The maximum Gasteiger partial charge on any atom is 0.231 e. The Morgan fingerprint density at radius 3 is 2.50 bits per heavy atom. The molecule has 2 N–H and O–H groups in total. The molecule has 0 heterocycles. The van der Waals surface area contributed by atoms with Crippen molar-refractivity contribution in [2.24, 2.45) is 0 Å². The van der Waals surface area contributed by atoms with Crippen LogP contribution in [0, 0.1) is 0 Å². The second kappa shape index (κ2) is 9.60. The van der Waals surface area contributed by atoms with E-state index < -0.39 is 15.6 Å². The van der Waals surface area contributed by atoms with Gasteiger partial charge in [-0.05, 0) is 61.9 Å². The van der Waals surface area contributed by atoms with E-state index in [1.165, 1.54) is 11.4 Å². The first kappa shape index (κ1) is 22.5. The second-order valence-electron chi connectivity index (χ2n) is 7.07. The fraction of sp³-hybridized carbons (Fsp3) is 0.400. The van der Waals surface area contributed by atoms with E-state index in [0.717, 1.165) is 18.2 Å². The highest BCUT2D eigenvalue weighted by Gasteiger charge is 2.21. The number of halogens is 1. The Bertz CT molecular complexity index is 870. The molecule has 8 heteroatoms. The average Bonchev–Trinajstić information content (AvgIpc) is 2.63. The minimum Gasteiger partial charge on any atom is -0.491 e. The number of anilines is 1. The standard InChI is InChI=1S/C20H27ClN2O4S/c1-20(24,14-22-12-11-16-5-4-6-17(21)13-16)15-27-19-9-7-18(8-10-19)23(2)28(3,25)26/h4-10,13,22,24H,11-12,14-15H2,1-3H3/t20-/m0/s1. The third kappa shape index (κ3) is 7.31. The van der Waals surface area contributed by atoms with E-state index in [1.54, 1.807) is 31.2 Å². The predicted octanol–water partition coefficient (Wildman–Crippen LogP) is 2.70. The lowest BCUT2D eigenvalue weighted by molar-refractivity contribution is 0.0125.